The van der Waals surface area contributed by atoms with E-state index in [9.17, 15) is 9.18 Å². The SMILES string of the molecule is Cc1oc(-c2ccccc2)nc1C(=O)N1CCCC(c2nc(-c3cccc(F)c3)no2)C1. The van der Waals surface area contributed by atoms with Gasteiger partial charge < -0.3 is 13.8 Å². The average molecular weight is 432 g/mol. The number of nitrogens with zero attached hydrogens (tertiary/aromatic N) is 4. The number of benzene rings is 2. The molecule has 1 atom stereocenters. The van der Waals surface area contributed by atoms with Gasteiger partial charge in [0.2, 0.25) is 17.6 Å². The molecule has 1 amide bonds. The summed E-state index contributed by atoms with van der Waals surface area (Å²) in [5, 5.41) is 4.00. The van der Waals surface area contributed by atoms with Crippen LogP contribution in [0.3, 0.4) is 0 Å². The lowest BCUT2D eigenvalue weighted by molar-refractivity contribution is 0.0688. The van der Waals surface area contributed by atoms with Crippen LogP contribution in [0.15, 0.2) is 63.5 Å². The highest BCUT2D eigenvalue weighted by Gasteiger charge is 2.31. The Morgan fingerprint density at radius 2 is 1.91 bits per heavy atom. The maximum absolute atomic E-state index is 13.5. The summed E-state index contributed by atoms with van der Waals surface area (Å²) in [6.07, 6.45) is 1.62. The summed E-state index contributed by atoms with van der Waals surface area (Å²) in [4.78, 5) is 23.9. The Hall–Kier alpha value is -3.81. The Balaban J connectivity index is 1.34. The minimum absolute atomic E-state index is 0.0942. The number of halogens is 1. The van der Waals surface area contributed by atoms with Gasteiger partial charge in [0.05, 0.1) is 5.92 Å². The van der Waals surface area contributed by atoms with Gasteiger partial charge in [-0.05, 0) is 44.0 Å². The van der Waals surface area contributed by atoms with Gasteiger partial charge in [-0.15, -0.1) is 0 Å². The second-order valence-electron chi connectivity index (χ2n) is 7.85. The predicted octanol–water partition coefficient (Wildman–Crippen LogP) is 4.86. The van der Waals surface area contributed by atoms with E-state index in [4.69, 9.17) is 8.94 Å². The van der Waals surface area contributed by atoms with Gasteiger partial charge in [-0.1, -0.05) is 35.5 Å². The zero-order valence-electron chi connectivity index (χ0n) is 17.5. The molecule has 5 rings (SSSR count). The summed E-state index contributed by atoms with van der Waals surface area (Å²) in [6, 6.07) is 15.5. The molecule has 1 aliphatic rings. The summed E-state index contributed by atoms with van der Waals surface area (Å²) in [6.45, 7) is 2.81. The summed E-state index contributed by atoms with van der Waals surface area (Å²) in [7, 11) is 0. The third-order valence-electron chi connectivity index (χ3n) is 5.60. The van der Waals surface area contributed by atoms with E-state index in [-0.39, 0.29) is 17.6 Å². The number of hydrogen-bond donors (Lipinski definition) is 0. The van der Waals surface area contributed by atoms with Crippen molar-refractivity contribution in [2.24, 2.45) is 0 Å². The number of hydrogen-bond acceptors (Lipinski definition) is 6. The molecule has 2 aromatic carbocycles. The van der Waals surface area contributed by atoms with Crippen LogP contribution in [0.4, 0.5) is 4.39 Å². The standard InChI is InChI=1S/C24H21FN4O3/c1-15-20(26-22(31-15)16-7-3-2-4-8-16)24(30)29-12-6-10-18(14-29)23-27-21(28-32-23)17-9-5-11-19(25)13-17/h2-5,7-9,11,13,18H,6,10,12,14H2,1H3. The minimum atomic E-state index is -0.360. The van der Waals surface area contributed by atoms with E-state index in [0.29, 0.717) is 47.7 Å². The van der Waals surface area contributed by atoms with Crippen LogP contribution < -0.4 is 0 Å². The zero-order chi connectivity index (χ0) is 22.1. The van der Waals surface area contributed by atoms with Crippen molar-refractivity contribution in [2.45, 2.75) is 25.7 Å². The highest BCUT2D eigenvalue weighted by atomic mass is 19.1. The van der Waals surface area contributed by atoms with Crippen molar-refractivity contribution in [3.8, 4) is 22.8 Å². The maximum atomic E-state index is 13.5. The molecule has 1 unspecified atom stereocenters. The van der Waals surface area contributed by atoms with Crippen LogP contribution in [0.2, 0.25) is 0 Å². The fourth-order valence-corrected chi connectivity index (χ4v) is 3.96. The van der Waals surface area contributed by atoms with Crippen molar-refractivity contribution < 1.29 is 18.1 Å². The van der Waals surface area contributed by atoms with Crippen molar-refractivity contribution in [1.82, 2.24) is 20.0 Å². The van der Waals surface area contributed by atoms with Crippen LogP contribution in [0, 0.1) is 12.7 Å². The van der Waals surface area contributed by atoms with Crippen molar-refractivity contribution in [3.63, 3.8) is 0 Å². The molecule has 8 heteroatoms. The topological polar surface area (TPSA) is 85.3 Å². The van der Waals surface area contributed by atoms with E-state index in [1.54, 1.807) is 24.0 Å². The van der Waals surface area contributed by atoms with Crippen molar-refractivity contribution in [3.05, 3.63) is 77.8 Å². The fraction of sp³-hybridized carbons (Fsp3) is 0.250. The highest BCUT2D eigenvalue weighted by Crippen LogP contribution is 2.29. The molecule has 0 saturated carbocycles. The highest BCUT2D eigenvalue weighted by molar-refractivity contribution is 5.93. The molecule has 1 saturated heterocycles. The summed E-state index contributed by atoms with van der Waals surface area (Å²) in [5.74, 6) is 1.07. The number of oxazole rings is 1. The number of aromatic nitrogens is 3. The molecule has 1 fully saturated rings. The van der Waals surface area contributed by atoms with Crippen LogP contribution in [0.25, 0.3) is 22.8 Å². The van der Waals surface area contributed by atoms with Gasteiger partial charge in [0.15, 0.2) is 5.69 Å². The molecule has 7 nitrogen and oxygen atoms in total. The molecular weight excluding hydrogens is 411 g/mol. The molecule has 0 radical (unpaired) electrons. The minimum Gasteiger partial charge on any atom is -0.441 e. The first-order chi connectivity index (χ1) is 15.6. The number of likely N-dealkylation sites (tertiary alicyclic amines) is 1. The van der Waals surface area contributed by atoms with Crippen molar-refractivity contribution >= 4 is 5.91 Å². The lowest BCUT2D eigenvalue weighted by Crippen LogP contribution is -2.39. The summed E-state index contributed by atoms with van der Waals surface area (Å²) >= 11 is 0. The third kappa shape index (κ3) is 3.91. The molecule has 0 N–H and O–H groups in total. The van der Waals surface area contributed by atoms with Crippen LogP contribution >= 0.6 is 0 Å². The van der Waals surface area contributed by atoms with E-state index in [1.807, 2.05) is 30.3 Å². The van der Waals surface area contributed by atoms with Gasteiger partial charge >= 0.3 is 0 Å². The predicted molar refractivity (Wildman–Crippen MR) is 114 cm³/mol. The Kier molecular flexibility index (Phi) is 5.26. The van der Waals surface area contributed by atoms with Crippen LogP contribution in [0.1, 0.15) is 40.9 Å². The number of carbonyl (C=O) groups excluding carboxylic acids is 1. The molecule has 0 aliphatic carbocycles. The lowest BCUT2D eigenvalue weighted by Gasteiger charge is -2.30. The van der Waals surface area contributed by atoms with Crippen LogP contribution in [-0.2, 0) is 0 Å². The van der Waals surface area contributed by atoms with E-state index in [0.717, 1.165) is 18.4 Å². The second kappa shape index (κ2) is 8.37. The molecule has 1 aliphatic heterocycles. The molecule has 32 heavy (non-hydrogen) atoms. The maximum Gasteiger partial charge on any atom is 0.276 e. The number of carbonyl (C=O) groups is 1. The number of aryl methyl sites for hydroxylation is 1. The molecule has 2 aromatic heterocycles. The molecule has 4 aromatic rings. The summed E-state index contributed by atoms with van der Waals surface area (Å²) in [5.41, 5.74) is 1.69. The smallest absolute Gasteiger partial charge is 0.276 e. The first-order valence-corrected chi connectivity index (χ1v) is 10.5. The molecule has 0 bridgehead atoms. The Labute approximate surface area is 183 Å². The monoisotopic (exact) mass is 432 g/mol. The van der Waals surface area contributed by atoms with Gasteiger partial charge in [-0.2, -0.15) is 4.98 Å². The quantitative estimate of drug-likeness (QED) is 0.458. The number of piperidine rings is 1. The van der Waals surface area contributed by atoms with Crippen LogP contribution in [0.5, 0.6) is 0 Å². The second-order valence-corrected chi connectivity index (χ2v) is 7.85. The van der Waals surface area contributed by atoms with E-state index >= 15 is 0 Å². The third-order valence-corrected chi connectivity index (χ3v) is 5.60. The van der Waals surface area contributed by atoms with Crippen molar-refractivity contribution in [1.29, 1.82) is 0 Å². The first-order valence-electron chi connectivity index (χ1n) is 10.5. The van der Waals surface area contributed by atoms with Crippen molar-refractivity contribution in [2.75, 3.05) is 13.1 Å². The number of rotatable bonds is 4. The normalized spacial score (nSPS) is 16.3. The van der Waals surface area contributed by atoms with Gasteiger partial charge in [-0.3, -0.25) is 4.79 Å². The Bertz CT molecular complexity index is 1250. The van der Waals surface area contributed by atoms with Gasteiger partial charge in [-0.25, -0.2) is 9.37 Å². The summed E-state index contributed by atoms with van der Waals surface area (Å²) < 4.78 is 24.7. The van der Waals surface area contributed by atoms with E-state index in [2.05, 4.69) is 15.1 Å². The Morgan fingerprint density at radius 3 is 2.72 bits per heavy atom. The van der Waals surface area contributed by atoms with Gasteiger partial charge in [0.25, 0.3) is 5.91 Å². The number of amides is 1. The van der Waals surface area contributed by atoms with E-state index in [1.165, 1.54) is 12.1 Å². The average Bonchev–Trinajstić information content (AvgIpc) is 3.47. The fourth-order valence-electron chi connectivity index (χ4n) is 3.96. The van der Waals surface area contributed by atoms with Crippen LogP contribution in [-0.4, -0.2) is 39.0 Å². The van der Waals surface area contributed by atoms with Gasteiger partial charge in [0.1, 0.15) is 11.6 Å². The zero-order valence-corrected chi connectivity index (χ0v) is 17.5. The molecule has 162 valence electrons. The largest absolute Gasteiger partial charge is 0.441 e. The lowest BCUT2D eigenvalue weighted by atomic mass is 9.97. The molecule has 3 heterocycles. The van der Waals surface area contributed by atoms with E-state index < -0.39 is 0 Å². The van der Waals surface area contributed by atoms with Gasteiger partial charge in [0, 0.05) is 24.2 Å². The first kappa shape index (κ1) is 20.1. The Morgan fingerprint density at radius 1 is 1.09 bits per heavy atom. The molecule has 0 spiro atoms. The molecular formula is C24H21FN4O3.